The molecule has 0 spiro atoms. The number of aryl methyl sites for hydroxylation is 2. The molecule has 0 fully saturated rings. The molecule has 0 aliphatic carbocycles. The Morgan fingerprint density at radius 3 is 2.24 bits per heavy atom. The number of aromatic nitrogens is 1. The van der Waals surface area contributed by atoms with Crippen LogP contribution < -0.4 is 20.1 Å². The fourth-order valence-corrected chi connectivity index (χ4v) is 4.50. The molecule has 172 valence electrons. The van der Waals surface area contributed by atoms with Crippen LogP contribution in [0.2, 0.25) is 0 Å². The Morgan fingerprint density at radius 1 is 0.939 bits per heavy atom. The molecule has 0 radical (unpaired) electrons. The summed E-state index contributed by atoms with van der Waals surface area (Å²) in [6, 6.07) is 13.1. The summed E-state index contributed by atoms with van der Waals surface area (Å²) in [5.41, 5.74) is 2.87. The molecule has 0 aliphatic rings. The van der Waals surface area contributed by atoms with Gasteiger partial charge >= 0.3 is 0 Å². The van der Waals surface area contributed by atoms with Gasteiger partial charge in [-0.15, -0.1) is 0 Å². The SMILES string of the molecule is COc1ncc(NC(=O)c2cccc(NC(C)=O)c2)cc1S(=O)(=O)Nc1c(C)cccc1C. The Morgan fingerprint density at radius 2 is 1.61 bits per heavy atom. The van der Waals surface area contributed by atoms with Crippen molar-refractivity contribution >= 4 is 38.9 Å². The van der Waals surface area contributed by atoms with E-state index >= 15 is 0 Å². The first kappa shape index (κ1) is 23.7. The van der Waals surface area contributed by atoms with Crippen LogP contribution in [-0.4, -0.2) is 32.3 Å². The van der Waals surface area contributed by atoms with Crippen LogP contribution >= 0.6 is 0 Å². The molecular weight excluding hydrogens is 444 g/mol. The van der Waals surface area contributed by atoms with Gasteiger partial charge in [0.2, 0.25) is 11.8 Å². The molecule has 2 amide bonds. The van der Waals surface area contributed by atoms with Gasteiger partial charge < -0.3 is 15.4 Å². The summed E-state index contributed by atoms with van der Waals surface area (Å²) in [5, 5.41) is 5.23. The molecule has 0 bridgehead atoms. The highest BCUT2D eigenvalue weighted by Gasteiger charge is 2.23. The maximum absolute atomic E-state index is 13.2. The normalized spacial score (nSPS) is 10.9. The van der Waals surface area contributed by atoms with Crippen molar-refractivity contribution in [2.45, 2.75) is 25.7 Å². The first-order valence-electron chi connectivity index (χ1n) is 9.93. The number of sulfonamides is 1. The van der Waals surface area contributed by atoms with E-state index < -0.39 is 15.9 Å². The summed E-state index contributed by atoms with van der Waals surface area (Å²) in [5.74, 6) is -0.877. The second kappa shape index (κ2) is 9.70. The number of nitrogens with one attached hydrogen (secondary N) is 3. The number of carbonyl (C=O) groups is 2. The predicted octanol–water partition coefficient (Wildman–Crippen LogP) is 3.72. The zero-order valence-electron chi connectivity index (χ0n) is 18.6. The third-order valence-corrected chi connectivity index (χ3v) is 6.07. The number of hydrogen-bond acceptors (Lipinski definition) is 6. The van der Waals surface area contributed by atoms with E-state index in [0.717, 1.165) is 11.1 Å². The molecule has 3 aromatic rings. The van der Waals surface area contributed by atoms with Gasteiger partial charge in [-0.1, -0.05) is 24.3 Å². The van der Waals surface area contributed by atoms with Crippen LogP contribution in [0.1, 0.15) is 28.4 Å². The Kier molecular flexibility index (Phi) is 6.98. The molecule has 10 heteroatoms. The van der Waals surface area contributed by atoms with E-state index in [1.54, 1.807) is 44.2 Å². The lowest BCUT2D eigenvalue weighted by Gasteiger charge is -2.15. The van der Waals surface area contributed by atoms with E-state index in [9.17, 15) is 18.0 Å². The number of nitrogens with zero attached hydrogens (tertiary/aromatic N) is 1. The van der Waals surface area contributed by atoms with E-state index in [0.29, 0.717) is 11.4 Å². The van der Waals surface area contributed by atoms with Crippen molar-refractivity contribution in [1.29, 1.82) is 0 Å². The third-order valence-electron chi connectivity index (χ3n) is 4.72. The molecule has 33 heavy (non-hydrogen) atoms. The standard InChI is InChI=1S/C23H24N4O5S/c1-14-7-5-8-15(2)21(14)27-33(30,31)20-12-19(13-24-23(20)32-4)26-22(29)17-9-6-10-18(11-17)25-16(3)28/h5-13,27H,1-4H3,(H,25,28)(H,26,29). The monoisotopic (exact) mass is 468 g/mol. The Hall–Kier alpha value is -3.92. The molecule has 3 N–H and O–H groups in total. The van der Waals surface area contributed by atoms with Crippen molar-refractivity contribution in [3.05, 3.63) is 71.4 Å². The first-order valence-corrected chi connectivity index (χ1v) is 11.4. The lowest BCUT2D eigenvalue weighted by Crippen LogP contribution is -2.18. The third kappa shape index (κ3) is 5.66. The molecule has 3 rings (SSSR count). The highest BCUT2D eigenvalue weighted by atomic mass is 32.2. The Balaban J connectivity index is 1.91. The lowest BCUT2D eigenvalue weighted by molar-refractivity contribution is -0.114. The quantitative estimate of drug-likeness (QED) is 0.485. The lowest BCUT2D eigenvalue weighted by atomic mass is 10.1. The molecular formula is C23H24N4O5S. The fourth-order valence-electron chi connectivity index (χ4n) is 3.16. The molecule has 1 heterocycles. The molecule has 0 aliphatic heterocycles. The minimum absolute atomic E-state index is 0.112. The number of methoxy groups -OCH3 is 1. The second-order valence-corrected chi connectivity index (χ2v) is 8.97. The number of hydrogen-bond donors (Lipinski definition) is 3. The van der Waals surface area contributed by atoms with Crippen LogP contribution in [-0.2, 0) is 14.8 Å². The van der Waals surface area contributed by atoms with E-state index in [1.165, 1.54) is 32.4 Å². The average Bonchev–Trinajstić information content (AvgIpc) is 2.76. The van der Waals surface area contributed by atoms with E-state index in [1.807, 2.05) is 6.07 Å². The van der Waals surface area contributed by atoms with Crippen molar-refractivity contribution in [3.63, 3.8) is 0 Å². The van der Waals surface area contributed by atoms with Crippen LogP contribution in [0.5, 0.6) is 5.88 Å². The number of rotatable bonds is 7. The van der Waals surface area contributed by atoms with Crippen LogP contribution in [0.4, 0.5) is 17.1 Å². The zero-order chi connectivity index (χ0) is 24.2. The van der Waals surface area contributed by atoms with Gasteiger partial charge in [0.05, 0.1) is 24.7 Å². The van der Waals surface area contributed by atoms with Crippen molar-refractivity contribution in [2.24, 2.45) is 0 Å². The van der Waals surface area contributed by atoms with Gasteiger partial charge in [0, 0.05) is 18.2 Å². The van der Waals surface area contributed by atoms with Crippen LogP contribution in [0.25, 0.3) is 0 Å². The van der Waals surface area contributed by atoms with Gasteiger partial charge in [-0.05, 0) is 49.2 Å². The number of anilines is 3. The number of carbonyl (C=O) groups excluding carboxylic acids is 2. The topological polar surface area (TPSA) is 126 Å². The Labute approximate surface area is 192 Å². The summed E-state index contributed by atoms with van der Waals surface area (Å²) in [6.45, 7) is 4.96. The van der Waals surface area contributed by atoms with E-state index in [-0.39, 0.29) is 27.9 Å². The summed E-state index contributed by atoms with van der Waals surface area (Å²) in [4.78, 5) is 27.8. The van der Waals surface area contributed by atoms with Crippen molar-refractivity contribution in [1.82, 2.24) is 4.98 Å². The molecule has 0 atom stereocenters. The molecule has 9 nitrogen and oxygen atoms in total. The number of pyridine rings is 1. The highest BCUT2D eigenvalue weighted by molar-refractivity contribution is 7.92. The molecule has 1 aromatic heterocycles. The van der Waals surface area contributed by atoms with Crippen molar-refractivity contribution in [2.75, 3.05) is 22.5 Å². The second-order valence-electron chi connectivity index (χ2n) is 7.32. The van der Waals surface area contributed by atoms with Gasteiger partial charge in [0.25, 0.3) is 15.9 Å². The van der Waals surface area contributed by atoms with Crippen LogP contribution in [0, 0.1) is 13.8 Å². The maximum Gasteiger partial charge on any atom is 0.267 e. The minimum atomic E-state index is -4.08. The fraction of sp³-hybridized carbons (Fsp3) is 0.174. The van der Waals surface area contributed by atoms with Gasteiger partial charge in [0.15, 0.2) is 4.90 Å². The van der Waals surface area contributed by atoms with Crippen LogP contribution in [0.15, 0.2) is 59.6 Å². The van der Waals surface area contributed by atoms with Gasteiger partial charge in [0.1, 0.15) is 0 Å². The van der Waals surface area contributed by atoms with Gasteiger partial charge in [-0.25, -0.2) is 13.4 Å². The average molecular weight is 469 g/mol. The summed E-state index contributed by atoms with van der Waals surface area (Å²) in [7, 11) is -2.77. The van der Waals surface area contributed by atoms with E-state index in [4.69, 9.17) is 4.74 Å². The van der Waals surface area contributed by atoms with Gasteiger partial charge in [-0.2, -0.15) is 0 Å². The first-order chi connectivity index (χ1) is 15.6. The molecule has 2 aromatic carbocycles. The largest absolute Gasteiger partial charge is 0.480 e. The van der Waals surface area contributed by atoms with Crippen LogP contribution in [0.3, 0.4) is 0 Å². The molecule has 0 unspecified atom stereocenters. The zero-order valence-corrected chi connectivity index (χ0v) is 19.4. The summed E-state index contributed by atoms with van der Waals surface area (Å²) in [6.07, 6.45) is 1.30. The summed E-state index contributed by atoms with van der Waals surface area (Å²) >= 11 is 0. The Bertz CT molecular complexity index is 1300. The number of amides is 2. The van der Waals surface area contributed by atoms with Crippen molar-refractivity contribution in [3.8, 4) is 5.88 Å². The minimum Gasteiger partial charge on any atom is -0.480 e. The van der Waals surface area contributed by atoms with E-state index in [2.05, 4.69) is 20.3 Å². The molecule has 0 saturated heterocycles. The smallest absolute Gasteiger partial charge is 0.267 e. The number of ether oxygens (including phenoxy) is 1. The number of para-hydroxylation sites is 1. The maximum atomic E-state index is 13.2. The number of benzene rings is 2. The molecule has 0 saturated carbocycles. The predicted molar refractivity (Wildman–Crippen MR) is 126 cm³/mol. The highest BCUT2D eigenvalue weighted by Crippen LogP contribution is 2.29. The summed E-state index contributed by atoms with van der Waals surface area (Å²) < 4.78 is 34.0. The van der Waals surface area contributed by atoms with Crippen molar-refractivity contribution < 1.29 is 22.7 Å². The van der Waals surface area contributed by atoms with Gasteiger partial charge in [-0.3, -0.25) is 14.3 Å².